The van der Waals surface area contributed by atoms with Crippen LogP contribution in [-0.2, 0) is 10.0 Å². The number of carbonyl (C=O) groups is 1. The van der Waals surface area contributed by atoms with E-state index < -0.39 is 15.9 Å². The van der Waals surface area contributed by atoms with Crippen LogP contribution in [0.1, 0.15) is 26.4 Å². The molecule has 1 N–H and O–H groups in total. The molecule has 0 aliphatic heterocycles. The van der Waals surface area contributed by atoms with Gasteiger partial charge in [-0.2, -0.15) is 0 Å². The molecular weight excluding hydrogens is 464 g/mol. The van der Waals surface area contributed by atoms with Crippen LogP contribution in [0.25, 0.3) is 11.1 Å². The second-order valence-corrected chi connectivity index (χ2v) is 11.0. The van der Waals surface area contributed by atoms with E-state index in [-0.39, 0.29) is 9.77 Å². The summed E-state index contributed by atoms with van der Waals surface area (Å²) in [6, 6.07) is 22.2. The molecule has 174 valence electrons. The number of nitrogens with zero attached hydrogens (tertiary/aromatic N) is 1. The van der Waals surface area contributed by atoms with Crippen LogP contribution in [-0.4, -0.2) is 21.4 Å². The number of aryl methyl sites for hydroxylation is 3. The third-order valence-corrected chi connectivity index (χ3v) is 8.80. The predicted molar refractivity (Wildman–Crippen MR) is 140 cm³/mol. The van der Waals surface area contributed by atoms with E-state index in [2.05, 4.69) is 5.32 Å². The molecule has 0 aliphatic rings. The van der Waals surface area contributed by atoms with Crippen molar-refractivity contribution in [2.45, 2.75) is 25.7 Å². The van der Waals surface area contributed by atoms with Gasteiger partial charge in [-0.15, -0.1) is 11.3 Å². The lowest BCUT2D eigenvalue weighted by molar-refractivity contribution is 0.102. The number of nitrogens with one attached hydrogen (secondary N) is 1. The fraction of sp³-hybridized carbons (Fsp3) is 0.148. The largest absolute Gasteiger partial charge is 0.321 e. The van der Waals surface area contributed by atoms with E-state index in [0.29, 0.717) is 16.9 Å². The van der Waals surface area contributed by atoms with Crippen molar-refractivity contribution in [2.24, 2.45) is 0 Å². The van der Waals surface area contributed by atoms with Gasteiger partial charge in [0.25, 0.3) is 15.9 Å². The highest BCUT2D eigenvalue weighted by atomic mass is 32.2. The molecule has 3 aromatic carbocycles. The number of rotatable bonds is 6. The first-order valence-corrected chi connectivity index (χ1v) is 13.1. The third-order valence-electron chi connectivity index (χ3n) is 5.82. The van der Waals surface area contributed by atoms with Gasteiger partial charge in [0, 0.05) is 23.7 Å². The average Bonchev–Trinajstić information content (AvgIpc) is 3.29. The van der Waals surface area contributed by atoms with Crippen LogP contribution >= 0.6 is 11.3 Å². The number of sulfonamides is 1. The lowest BCUT2D eigenvalue weighted by atomic mass is 10.1. The Hall–Kier alpha value is -3.42. The molecule has 4 aromatic rings. The third kappa shape index (κ3) is 4.62. The molecule has 0 saturated carbocycles. The second-order valence-electron chi connectivity index (χ2n) is 8.23. The van der Waals surface area contributed by atoms with Crippen molar-refractivity contribution in [3.05, 3.63) is 99.7 Å². The van der Waals surface area contributed by atoms with Gasteiger partial charge in [-0.3, -0.25) is 9.10 Å². The van der Waals surface area contributed by atoms with E-state index in [1.54, 1.807) is 23.6 Å². The SMILES string of the molecule is Cc1ccc(NC(=O)c2scc(-c3ccccc3)c2S(=O)(=O)N(C)c2ccc(C)c(C)c2)cc1. The first kappa shape index (κ1) is 23.7. The molecular formula is C27H26N2O3S2. The van der Waals surface area contributed by atoms with Crippen molar-refractivity contribution in [3.8, 4) is 11.1 Å². The van der Waals surface area contributed by atoms with Gasteiger partial charge in [-0.1, -0.05) is 54.1 Å². The first-order chi connectivity index (χ1) is 16.2. The first-order valence-electron chi connectivity index (χ1n) is 10.8. The van der Waals surface area contributed by atoms with E-state index in [1.165, 1.54) is 11.4 Å². The summed E-state index contributed by atoms with van der Waals surface area (Å²) in [7, 11) is -2.53. The van der Waals surface area contributed by atoms with Crippen molar-refractivity contribution in [1.29, 1.82) is 0 Å². The van der Waals surface area contributed by atoms with Crippen LogP contribution in [0.4, 0.5) is 11.4 Å². The van der Waals surface area contributed by atoms with Crippen molar-refractivity contribution >= 4 is 38.6 Å². The maximum absolute atomic E-state index is 14.0. The highest BCUT2D eigenvalue weighted by Crippen LogP contribution is 2.38. The zero-order chi connectivity index (χ0) is 24.5. The number of thiophene rings is 1. The molecule has 4 rings (SSSR count). The van der Waals surface area contributed by atoms with Crippen molar-refractivity contribution < 1.29 is 13.2 Å². The minimum absolute atomic E-state index is 0.00837. The minimum atomic E-state index is -4.05. The van der Waals surface area contributed by atoms with Crippen LogP contribution in [0.5, 0.6) is 0 Å². The average molecular weight is 491 g/mol. The van der Waals surface area contributed by atoms with E-state index in [1.807, 2.05) is 75.4 Å². The standard InChI is InChI=1S/C27H26N2O3S2/c1-18-10-13-22(14-11-18)28-27(30)25-26(24(17-33-25)21-8-6-5-7-9-21)34(31,32)29(4)23-15-12-19(2)20(3)16-23/h5-17H,1-4H3,(H,28,30). The molecule has 0 unspecified atom stereocenters. The van der Waals surface area contributed by atoms with Gasteiger partial charge in [0.1, 0.15) is 9.77 Å². The van der Waals surface area contributed by atoms with Gasteiger partial charge in [-0.25, -0.2) is 8.42 Å². The quantitative estimate of drug-likeness (QED) is 0.339. The molecule has 0 bridgehead atoms. The van der Waals surface area contributed by atoms with Crippen LogP contribution < -0.4 is 9.62 Å². The van der Waals surface area contributed by atoms with E-state index in [0.717, 1.165) is 33.6 Å². The van der Waals surface area contributed by atoms with Gasteiger partial charge < -0.3 is 5.32 Å². The summed E-state index contributed by atoms with van der Waals surface area (Å²) in [5, 5.41) is 4.58. The molecule has 7 heteroatoms. The highest BCUT2D eigenvalue weighted by molar-refractivity contribution is 7.93. The normalized spacial score (nSPS) is 11.3. The molecule has 34 heavy (non-hydrogen) atoms. The van der Waals surface area contributed by atoms with Gasteiger partial charge in [0.15, 0.2) is 0 Å². The highest BCUT2D eigenvalue weighted by Gasteiger charge is 2.32. The van der Waals surface area contributed by atoms with Crippen molar-refractivity contribution in [2.75, 3.05) is 16.7 Å². The lowest BCUT2D eigenvalue weighted by Crippen LogP contribution is -2.28. The van der Waals surface area contributed by atoms with Crippen LogP contribution in [0, 0.1) is 20.8 Å². The second kappa shape index (κ2) is 9.44. The van der Waals surface area contributed by atoms with Gasteiger partial charge in [-0.05, 0) is 61.7 Å². The fourth-order valence-electron chi connectivity index (χ4n) is 3.60. The summed E-state index contributed by atoms with van der Waals surface area (Å²) in [4.78, 5) is 13.4. The van der Waals surface area contributed by atoms with Gasteiger partial charge in [0.2, 0.25) is 0 Å². The number of benzene rings is 3. The molecule has 0 atom stereocenters. The molecule has 0 fully saturated rings. The van der Waals surface area contributed by atoms with Gasteiger partial charge in [0.05, 0.1) is 5.69 Å². The maximum atomic E-state index is 14.0. The Balaban J connectivity index is 1.83. The number of amides is 1. The molecule has 0 saturated heterocycles. The Morgan fingerprint density at radius 2 is 1.56 bits per heavy atom. The molecule has 0 aliphatic carbocycles. The molecule has 1 amide bonds. The Kier molecular flexibility index (Phi) is 6.59. The fourth-order valence-corrected chi connectivity index (χ4v) is 6.44. The maximum Gasteiger partial charge on any atom is 0.267 e. The van der Waals surface area contributed by atoms with Crippen molar-refractivity contribution in [1.82, 2.24) is 0 Å². The summed E-state index contributed by atoms with van der Waals surface area (Å²) in [6.45, 7) is 5.89. The topological polar surface area (TPSA) is 66.5 Å². The Bertz CT molecular complexity index is 1440. The summed E-state index contributed by atoms with van der Waals surface area (Å²) in [6.07, 6.45) is 0. The molecule has 5 nitrogen and oxygen atoms in total. The Labute approximate surface area is 204 Å². The zero-order valence-corrected chi connectivity index (χ0v) is 21.1. The number of hydrogen-bond acceptors (Lipinski definition) is 4. The molecule has 1 aromatic heterocycles. The molecule has 1 heterocycles. The number of hydrogen-bond donors (Lipinski definition) is 1. The van der Waals surface area contributed by atoms with Crippen LogP contribution in [0.15, 0.2) is 83.1 Å². The van der Waals surface area contributed by atoms with Crippen LogP contribution in [0.3, 0.4) is 0 Å². The Morgan fingerprint density at radius 1 is 0.882 bits per heavy atom. The molecule has 0 radical (unpaired) electrons. The van der Waals surface area contributed by atoms with Crippen molar-refractivity contribution in [3.63, 3.8) is 0 Å². The molecule has 0 spiro atoms. The zero-order valence-electron chi connectivity index (χ0n) is 19.5. The van der Waals surface area contributed by atoms with E-state index in [9.17, 15) is 13.2 Å². The van der Waals surface area contributed by atoms with E-state index >= 15 is 0 Å². The number of anilines is 2. The van der Waals surface area contributed by atoms with Crippen LogP contribution in [0.2, 0.25) is 0 Å². The summed E-state index contributed by atoms with van der Waals surface area (Å²) >= 11 is 1.13. The van der Waals surface area contributed by atoms with Gasteiger partial charge >= 0.3 is 0 Å². The minimum Gasteiger partial charge on any atom is -0.321 e. The lowest BCUT2D eigenvalue weighted by Gasteiger charge is -2.22. The van der Waals surface area contributed by atoms with E-state index in [4.69, 9.17) is 0 Å². The summed E-state index contributed by atoms with van der Waals surface area (Å²) < 4.78 is 29.2. The Morgan fingerprint density at radius 3 is 2.21 bits per heavy atom. The summed E-state index contributed by atoms with van der Waals surface area (Å²) in [5.41, 5.74) is 5.53. The monoisotopic (exact) mass is 490 g/mol. The smallest absolute Gasteiger partial charge is 0.267 e. The number of carbonyl (C=O) groups excluding carboxylic acids is 1. The predicted octanol–water partition coefficient (Wildman–Crippen LogP) is 6.42. The summed E-state index contributed by atoms with van der Waals surface area (Å²) in [5.74, 6) is -0.455.